The first-order valence-electron chi connectivity index (χ1n) is 5.47. The highest BCUT2D eigenvalue weighted by Crippen LogP contribution is 2.32. The highest BCUT2D eigenvalue weighted by molar-refractivity contribution is 6.48. The Labute approximate surface area is 119 Å². The van der Waals surface area contributed by atoms with Gasteiger partial charge in [0, 0.05) is 12.7 Å². The topological polar surface area (TPSA) is 53.4 Å². The Morgan fingerprint density at radius 3 is 2.83 bits per heavy atom. The molecule has 1 aromatic heterocycles. The van der Waals surface area contributed by atoms with Crippen molar-refractivity contribution in [3.63, 3.8) is 0 Å². The van der Waals surface area contributed by atoms with Gasteiger partial charge in [0.25, 0.3) is 5.91 Å². The van der Waals surface area contributed by atoms with Crippen LogP contribution < -0.4 is 0 Å². The van der Waals surface area contributed by atoms with Crippen LogP contribution in [0, 0.1) is 0 Å². The zero-order valence-electron chi connectivity index (χ0n) is 9.37. The van der Waals surface area contributed by atoms with Gasteiger partial charge in [-0.2, -0.15) is 0 Å². The number of pyridine rings is 1. The van der Waals surface area contributed by atoms with Crippen LogP contribution in [0.2, 0.25) is 15.1 Å². The van der Waals surface area contributed by atoms with Crippen LogP contribution in [0.1, 0.15) is 23.3 Å². The molecule has 1 saturated heterocycles. The Balaban J connectivity index is 2.32. The number of carbonyl (C=O) groups is 1. The first-order chi connectivity index (χ1) is 8.56. The van der Waals surface area contributed by atoms with E-state index in [2.05, 4.69) is 4.98 Å². The van der Waals surface area contributed by atoms with E-state index in [1.807, 2.05) is 0 Å². The number of hydrogen-bond acceptors (Lipinski definition) is 3. The molecule has 4 nitrogen and oxygen atoms in total. The van der Waals surface area contributed by atoms with Crippen LogP contribution in [-0.4, -0.2) is 40.1 Å². The number of rotatable bonds is 2. The minimum absolute atomic E-state index is 0.0535. The lowest BCUT2D eigenvalue weighted by Crippen LogP contribution is -2.38. The van der Waals surface area contributed by atoms with E-state index < -0.39 is 0 Å². The lowest BCUT2D eigenvalue weighted by molar-refractivity contribution is 0.0672. The van der Waals surface area contributed by atoms with Crippen molar-refractivity contribution in [1.82, 2.24) is 9.88 Å². The summed E-state index contributed by atoms with van der Waals surface area (Å²) in [4.78, 5) is 17.8. The summed E-state index contributed by atoms with van der Waals surface area (Å²) in [6, 6.07) is -0.176. The Bertz CT molecular complexity index is 482. The molecule has 0 aromatic carbocycles. The number of nitrogens with zero attached hydrogens (tertiary/aromatic N) is 2. The van der Waals surface area contributed by atoms with Gasteiger partial charge in [0.2, 0.25) is 0 Å². The monoisotopic (exact) mass is 308 g/mol. The largest absolute Gasteiger partial charge is 0.394 e. The number of amides is 1. The molecule has 98 valence electrons. The molecular weight excluding hydrogens is 298 g/mol. The van der Waals surface area contributed by atoms with Gasteiger partial charge in [-0.05, 0) is 12.8 Å². The molecule has 0 aliphatic carbocycles. The number of aliphatic hydroxyl groups excluding tert-OH is 1. The number of hydrogen-bond donors (Lipinski definition) is 1. The predicted molar refractivity (Wildman–Crippen MR) is 70.4 cm³/mol. The third-order valence-corrected chi connectivity index (χ3v) is 4.21. The minimum Gasteiger partial charge on any atom is -0.394 e. The lowest BCUT2D eigenvalue weighted by atomic mass is 10.2. The average molecular weight is 310 g/mol. The molecule has 7 heteroatoms. The van der Waals surface area contributed by atoms with Gasteiger partial charge in [0.1, 0.15) is 5.69 Å². The van der Waals surface area contributed by atoms with Crippen LogP contribution in [0.4, 0.5) is 0 Å². The molecule has 1 atom stereocenters. The summed E-state index contributed by atoms with van der Waals surface area (Å²) < 4.78 is 0. The van der Waals surface area contributed by atoms with Crippen molar-refractivity contribution in [2.75, 3.05) is 13.2 Å². The standard InChI is InChI=1S/C11H11Cl3N2O2/c12-7-4-15-10(9(14)8(7)13)11(18)16-3-1-2-6(16)5-17/h4,6,17H,1-3,5H2/t6-/m1/s1. The van der Waals surface area contributed by atoms with Gasteiger partial charge in [-0.3, -0.25) is 4.79 Å². The van der Waals surface area contributed by atoms with Crippen molar-refractivity contribution in [1.29, 1.82) is 0 Å². The molecule has 1 aliphatic rings. The molecule has 1 aliphatic heterocycles. The molecule has 1 fully saturated rings. The van der Waals surface area contributed by atoms with E-state index in [1.54, 1.807) is 4.90 Å². The summed E-state index contributed by atoms with van der Waals surface area (Å²) in [5.74, 6) is -0.324. The van der Waals surface area contributed by atoms with Crippen LogP contribution in [-0.2, 0) is 0 Å². The molecule has 0 saturated carbocycles. The predicted octanol–water partition coefficient (Wildman–Crippen LogP) is 2.64. The molecule has 1 amide bonds. The second kappa shape index (κ2) is 5.61. The lowest BCUT2D eigenvalue weighted by Gasteiger charge is -2.23. The smallest absolute Gasteiger partial charge is 0.274 e. The van der Waals surface area contributed by atoms with Crippen LogP contribution in [0.5, 0.6) is 0 Å². The minimum atomic E-state index is -0.324. The van der Waals surface area contributed by atoms with E-state index in [1.165, 1.54) is 6.20 Å². The Morgan fingerprint density at radius 1 is 1.44 bits per heavy atom. The fourth-order valence-corrected chi connectivity index (χ4v) is 2.58. The van der Waals surface area contributed by atoms with Gasteiger partial charge < -0.3 is 10.0 Å². The third-order valence-electron chi connectivity index (χ3n) is 2.97. The second-order valence-corrected chi connectivity index (χ2v) is 5.22. The third kappa shape index (κ3) is 2.43. The number of aliphatic hydroxyl groups is 1. The SMILES string of the molecule is O=C(c1ncc(Cl)c(Cl)c1Cl)N1CCC[C@@H]1CO. The number of halogens is 3. The quantitative estimate of drug-likeness (QED) is 0.913. The van der Waals surface area contributed by atoms with Gasteiger partial charge in [-0.25, -0.2) is 4.98 Å². The van der Waals surface area contributed by atoms with Crippen molar-refractivity contribution < 1.29 is 9.90 Å². The number of likely N-dealkylation sites (tertiary alicyclic amines) is 1. The van der Waals surface area contributed by atoms with Crippen molar-refractivity contribution in [3.8, 4) is 0 Å². The maximum Gasteiger partial charge on any atom is 0.274 e. The van der Waals surface area contributed by atoms with E-state index in [9.17, 15) is 9.90 Å². The number of aromatic nitrogens is 1. The maximum atomic E-state index is 12.3. The van der Waals surface area contributed by atoms with E-state index in [0.717, 1.165) is 12.8 Å². The zero-order chi connectivity index (χ0) is 13.3. The summed E-state index contributed by atoms with van der Waals surface area (Å²) >= 11 is 17.6. The van der Waals surface area contributed by atoms with Crippen LogP contribution in [0.3, 0.4) is 0 Å². The van der Waals surface area contributed by atoms with E-state index >= 15 is 0 Å². The molecule has 18 heavy (non-hydrogen) atoms. The highest BCUT2D eigenvalue weighted by Gasteiger charge is 2.31. The van der Waals surface area contributed by atoms with Crippen molar-refractivity contribution in [3.05, 3.63) is 27.0 Å². The van der Waals surface area contributed by atoms with Crippen molar-refractivity contribution in [2.45, 2.75) is 18.9 Å². The van der Waals surface area contributed by atoms with E-state index in [0.29, 0.717) is 6.54 Å². The molecule has 1 aromatic rings. The molecule has 0 radical (unpaired) electrons. The first-order valence-corrected chi connectivity index (χ1v) is 6.61. The summed E-state index contributed by atoms with van der Waals surface area (Å²) in [5.41, 5.74) is 0.0754. The van der Waals surface area contributed by atoms with Crippen molar-refractivity contribution >= 4 is 40.7 Å². The van der Waals surface area contributed by atoms with Gasteiger partial charge in [0.05, 0.1) is 27.7 Å². The molecule has 0 unspecified atom stereocenters. The Hall–Kier alpha value is -0.550. The molecule has 0 bridgehead atoms. The number of carbonyl (C=O) groups excluding carboxylic acids is 1. The summed E-state index contributed by atoms with van der Waals surface area (Å²) in [6.45, 7) is 0.521. The van der Waals surface area contributed by atoms with Crippen LogP contribution in [0.15, 0.2) is 6.20 Å². The van der Waals surface area contributed by atoms with Gasteiger partial charge >= 0.3 is 0 Å². The molecule has 1 N–H and O–H groups in total. The summed E-state index contributed by atoms with van der Waals surface area (Å²) in [5, 5.41) is 9.59. The average Bonchev–Trinajstić information content (AvgIpc) is 2.83. The van der Waals surface area contributed by atoms with E-state index in [-0.39, 0.29) is 39.3 Å². The molecular formula is C11H11Cl3N2O2. The summed E-state index contributed by atoms with van der Waals surface area (Å²) in [7, 11) is 0. The fourth-order valence-electron chi connectivity index (χ4n) is 2.02. The molecule has 2 rings (SSSR count). The molecule has 2 heterocycles. The highest BCUT2D eigenvalue weighted by atomic mass is 35.5. The van der Waals surface area contributed by atoms with Gasteiger partial charge in [0.15, 0.2) is 0 Å². The first kappa shape index (κ1) is 13.9. The normalized spacial score (nSPS) is 19.3. The molecule has 0 spiro atoms. The maximum absolute atomic E-state index is 12.3. The van der Waals surface area contributed by atoms with Gasteiger partial charge in [-0.15, -0.1) is 0 Å². The Morgan fingerprint density at radius 2 is 2.17 bits per heavy atom. The van der Waals surface area contributed by atoms with Crippen LogP contribution >= 0.6 is 34.8 Å². The van der Waals surface area contributed by atoms with Gasteiger partial charge in [-0.1, -0.05) is 34.8 Å². The van der Waals surface area contributed by atoms with Crippen molar-refractivity contribution in [2.24, 2.45) is 0 Å². The Kier molecular flexibility index (Phi) is 4.33. The summed E-state index contributed by atoms with van der Waals surface area (Å²) in [6.07, 6.45) is 2.93. The van der Waals surface area contributed by atoms with Crippen LogP contribution in [0.25, 0.3) is 0 Å². The fraction of sp³-hybridized carbons (Fsp3) is 0.455. The zero-order valence-corrected chi connectivity index (χ0v) is 11.6. The second-order valence-electron chi connectivity index (χ2n) is 4.06. The van der Waals surface area contributed by atoms with E-state index in [4.69, 9.17) is 34.8 Å².